The highest BCUT2D eigenvalue weighted by Gasteiger charge is 2.44. The van der Waals surface area contributed by atoms with Crippen molar-refractivity contribution in [3.05, 3.63) is 29.0 Å². The summed E-state index contributed by atoms with van der Waals surface area (Å²) < 4.78 is 26.9. The molecule has 0 amide bonds. The Morgan fingerprint density at radius 3 is 2.59 bits per heavy atom. The number of nitrogens with zero attached hydrogens (tertiary/aromatic N) is 4. The number of pyridine rings is 1. The van der Waals surface area contributed by atoms with E-state index in [0.29, 0.717) is 18.1 Å². The summed E-state index contributed by atoms with van der Waals surface area (Å²) in [6.07, 6.45) is 5.79. The van der Waals surface area contributed by atoms with Crippen molar-refractivity contribution in [3.8, 4) is 0 Å². The van der Waals surface area contributed by atoms with Crippen LogP contribution in [0.4, 0.5) is 0 Å². The summed E-state index contributed by atoms with van der Waals surface area (Å²) in [5.41, 5.74) is 0.966. The highest BCUT2D eigenvalue weighted by Crippen LogP contribution is 2.32. The standard InChI is InChI=1S/C14H17ClN4O2S/c1-14(9-16-10-18-14)22(20,21)19-6-4-11(5-7-19)13-3-2-12(15)8-17-13/h2-3,8-11H,4-7H2,1H3/t14-/m0/s1. The lowest BCUT2D eigenvalue weighted by atomic mass is 9.94. The minimum atomic E-state index is -3.53. The van der Waals surface area contributed by atoms with Crippen LogP contribution in [0.2, 0.25) is 5.02 Å². The van der Waals surface area contributed by atoms with E-state index in [1.54, 1.807) is 13.1 Å². The van der Waals surface area contributed by atoms with Gasteiger partial charge in [-0.25, -0.2) is 18.4 Å². The minimum Gasteiger partial charge on any atom is -0.259 e. The maximum absolute atomic E-state index is 12.7. The molecule has 0 aromatic carbocycles. The smallest absolute Gasteiger partial charge is 0.245 e. The second kappa shape index (κ2) is 5.72. The van der Waals surface area contributed by atoms with Gasteiger partial charge in [-0.15, -0.1) is 0 Å². The van der Waals surface area contributed by atoms with Crippen molar-refractivity contribution in [2.75, 3.05) is 13.1 Å². The maximum atomic E-state index is 12.7. The van der Waals surface area contributed by atoms with Crippen LogP contribution in [0.15, 0.2) is 28.3 Å². The third kappa shape index (κ3) is 2.68. The molecule has 1 atom stereocenters. The number of rotatable bonds is 3. The molecule has 3 heterocycles. The van der Waals surface area contributed by atoms with E-state index in [1.807, 2.05) is 12.1 Å². The Balaban J connectivity index is 1.70. The first kappa shape index (κ1) is 15.6. The fourth-order valence-corrected chi connectivity index (χ4v) is 4.47. The number of sulfonamides is 1. The van der Waals surface area contributed by atoms with E-state index < -0.39 is 14.9 Å². The van der Waals surface area contributed by atoms with E-state index in [4.69, 9.17) is 11.6 Å². The predicted octanol–water partition coefficient (Wildman–Crippen LogP) is 2.07. The van der Waals surface area contributed by atoms with E-state index in [0.717, 1.165) is 18.5 Å². The van der Waals surface area contributed by atoms with Crippen LogP contribution >= 0.6 is 11.6 Å². The van der Waals surface area contributed by atoms with Crippen molar-refractivity contribution in [3.63, 3.8) is 0 Å². The summed E-state index contributed by atoms with van der Waals surface area (Å²) >= 11 is 5.85. The molecule has 0 N–H and O–H groups in total. The largest absolute Gasteiger partial charge is 0.259 e. The van der Waals surface area contributed by atoms with Crippen LogP contribution in [0.5, 0.6) is 0 Å². The van der Waals surface area contributed by atoms with Gasteiger partial charge in [0.2, 0.25) is 14.9 Å². The third-order valence-corrected chi connectivity index (χ3v) is 6.70. The van der Waals surface area contributed by atoms with Crippen LogP contribution in [-0.2, 0) is 10.0 Å². The average molecular weight is 341 g/mol. The Kier molecular flexibility index (Phi) is 4.05. The molecule has 2 aliphatic rings. The lowest BCUT2D eigenvalue weighted by molar-refractivity contribution is 0.312. The van der Waals surface area contributed by atoms with Crippen LogP contribution in [-0.4, -0.2) is 48.2 Å². The summed E-state index contributed by atoms with van der Waals surface area (Å²) in [6, 6.07) is 3.73. The Hall–Kier alpha value is -1.31. The first-order chi connectivity index (χ1) is 10.4. The van der Waals surface area contributed by atoms with Crippen LogP contribution in [0.1, 0.15) is 31.4 Å². The van der Waals surface area contributed by atoms with Gasteiger partial charge in [-0.1, -0.05) is 11.6 Å². The SMILES string of the molecule is C[C@]1(S(=O)(=O)N2CCC(c3ccc(Cl)cn3)CC2)C=NC=N1. The van der Waals surface area contributed by atoms with E-state index in [1.165, 1.54) is 16.9 Å². The molecule has 2 aliphatic heterocycles. The molecule has 1 fully saturated rings. The Morgan fingerprint density at radius 1 is 1.32 bits per heavy atom. The number of halogens is 1. The number of aromatic nitrogens is 1. The van der Waals surface area contributed by atoms with Gasteiger partial charge in [-0.2, -0.15) is 4.31 Å². The number of aliphatic imine (C=N–C) groups is 2. The third-order valence-electron chi connectivity index (χ3n) is 4.18. The van der Waals surface area contributed by atoms with E-state index >= 15 is 0 Å². The molecule has 1 aromatic rings. The second-order valence-electron chi connectivity index (χ2n) is 5.66. The molecular weight excluding hydrogens is 324 g/mol. The lowest BCUT2D eigenvalue weighted by Gasteiger charge is -2.34. The van der Waals surface area contributed by atoms with Crippen molar-refractivity contribution in [2.24, 2.45) is 9.98 Å². The van der Waals surface area contributed by atoms with Gasteiger partial charge >= 0.3 is 0 Å². The maximum Gasteiger partial charge on any atom is 0.245 e. The fraction of sp³-hybridized carbons (Fsp3) is 0.500. The molecular formula is C14H17ClN4O2S. The van der Waals surface area contributed by atoms with Crippen molar-refractivity contribution >= 4 is 34.2 Å². The van der Waals surface area contributed by atoms with Crippen molar-refractivity contribution in [2.45, 2.75) is 30.6 Å². The van der Waals surface area contributed by atoms with Crippen LogP contribution < -0.4 is 0 Å². The van der Waals surface area contributed by atoms with Gasteiger partial charge in [0.05, 0.1) is 11.2 Å². The highest BCUT2D eigenvalue weighted by molar-refractivity contribution is 7.91. The number of hydrogen-bond acceptors (Lipinski definition) is 5. The van der Waals surface area contributed by atoms with Crippen molar-refractivity contribution in [1.29, 1.82) is 0 Å². The van der Waals surface area contributed by atoms with Gasteiger partial charge in [-0.3, -0.25) is 4.98 Å². The molecule has 22 heavy (non-hydrogen) atoms. The van der Waals surface area contributed by atoms with Gasteiger partial charge < -0.3 is 0 Å². The summed E-state index contributed by atoms with van der Waals surface area (Å²) in [7, 11) is -3.53. The quantitative estimate of drug-likeness (QED) is 0.845. The van der Waals surface area contributed by atoms with Crippen molar-refractivity contribution < 1.29 is 8.42 Å². The fourth-order valence-electron chi connectivity index (χ4n) is 2.77. The summed E-state index contributed by atoms with van der Waals surface area (Å²) in [5.74, 6) is 0.261. The van der Waals surface area contributed by atoms with Gasteiger partial charge in [0.25, 0.3) is 0 Å². The number of hydrogen-bond donors (Lipinski definition) is 0. The van der Waals surface area contributed by atoms with E-state index in [9.17, 15) is 8.42 Å². The molecule has 6 nitrogen and oxygen atoms in total. The Morgan fingerprint density at radius 2 is 2.05 bits per heavy atom. The molecule has 0 radical (unpaired) electrons. The van der Waals surface area contributed by atoms with Gasteiger partial charge in [0, 0.05) is 30.9 Å². The van der Waals surface area contributed by atoms with Crippen molar-refractivity contribution in [1.82, 2.24) is 9.29 Å². The summed E-state index contributed by atoms with van der Waals surface area (Å²) in [6.45, 7) is 2.51. The monoisotopic (exact) mass is 340 g/mol. The van der Waals surface area contributed by atoms with Crippen LogP contribution in [0, 0.1) is 0 Å². The normalized spacial score (nSPS) is 26.6. The molecule has 0 bridgehead atoms. The summed E-state index contributed by atoms with van der Waals surface area (Å²) in [4.78, 5) is 10.9. The highest BCUT2D eigenvalue weighted by atomic mass is 35.5. The molecule has 1 aromatic heterocycles. The minimum absolute atomic E-state index is 0.261. The zero-order valence-corrected chi connectivity index (χ0v) is 13.8. The Bertz CT molecular complexity index is 695. The average Bonchev–Trinajstić information content (AvgIpc) is 2.97. The topological polar surface area (TPSA) is 75.0 Å². The molecule has 0 aliphatic carbocycles. The first-order valence-electron chi connectivity index (χ1n) is 7.11. The molecule has 0 spiro atoms. The lowest BCUT2D eigenvalue weighted by Crippen LogP contribution is -2.48. The zero-order chi connectivity index (χ0) is 15.8. The molecule has 3 rings (SSSR count). The van der Waals surface area contributed by atoms with Gasteiger partial charge in [-0.05, 0) is 31.9 Å². The molecule has 118 valence electrons. The second-order valence-corrected chi connectivity index (χ2v) is 8.39. The molecule has 0 saturated carbocycles. The number of piperidine rings is 1. The molecule has 8 heteroatoms. The van der Waals surface area contributed by atoms with E-state index in [2.05, 4.69) is 15.0 Å². The van der Waals surface area contributed by atoms with Crippen LogP contribution in [0.3, 0.4) is 0 Å². The first-order valence-corrected chi connectivity index (χ1v) is 8.93. The molecule has 1 saturated heterocycles. The van der Waals surface area contributed by atoms with Gasteiger partial charge in [0.1, 0.15) is 6.34 Å². The predicted molar refractivity (Wildman–Crippen MR) is 87.1 cm³/mol. The summed E-state index contributed by atoms with van der Waals surface area (Å²) in [5, 5.41) is 0.607. The van der Waals surface area contributed by atoms with Gasteiger partial charge in [0.15, 0.2) is 0 Å². The Labute approximate surface area is 135 Å². The molecule has 0 unspecified atom stereocenters. The zero-order valence-electron chi connectivity index (χ0n) is 12.2. The van der Waals surface area contributed by atoms with Crippen LogP contribution in [0.25, 0.3) is 0 Å². The van der Waals surface area contributed by atoms with E-state index in [-0.39, 0.29) is 5.92 Å².